The quantitative estimate of drug-likeness (QED) is 0.626. The van der Waals surface area contributed by atoms with E-state index in [4.69, 9.17) is 4.74 Å². The first kappa shape index (κ1) is 20.3. The molecule has 0 atom stereocenters. The van der Waals surface area contributed by atoms with Crippen LogP contribution in [0.25, 0.3) is 6.08 Å². The van der Waals surface area contributed by atoms with Crippen molar-refractivity contribution in [1.29, 1.82) is 0 Å². The number of aromatic hydroxyl groups is 1. The number of carbonyl (C=O) groups is 1. The molecule has 27 heavy (non-hydrogen) atoms. The van der Waals surface area contributed by atoms with Gasteiger partial charge in [0.25, 0.3) is 0 Å². The summed E-state index contributed by atoms with van der Waals surface area (Å²) in [5.41, 5.74) is 3.13. The number of rotatable bonds is 8. The van der Waals surface area contributed by atoms with E-state index in [-0.39, 0.29) is 11.3 Å². The molecule has 0 amide bonds. The van der Waals surface area contributed by atoms with Crippen molar-refractivity contribution in [3.8, 4) is 11.5 Å². The Labute approximate surface area is 160 Å². The summed E-state index contributed by atoms with van der Waals surface area (Å²) in [5, 5.41) is 20.2. The first-order chi connectivity index (χ1) is 12.9. The van der Waals surface area contributed by atoms with Gasteiger partial charge in [0, 0.05) is 5.56 Å². The molecule has 0 fully saturated rings. The highest BCUT2D eigenvalue weighted by atomic mass is 16.5. The van der Waals surface area contributed by atoms with Crippen LogP contribution >= 0.6 is 0 Å². The third-order valence-corrected chi connectivity index (χ3v) is 4.28. The minimum Gasteiger partial charge on any atom is -0.507 e. The zero-order valence-corrected chi connectivity index (χ0v) is 16.0. The smallest absolute Gasteiger partial charge is 0.340 e. The van der Waals surface area contributed by atoms with Crippen LogP contribution in [-0.4, -0.2) is 23.3 Å². The predicted molar refractivity (Wildman–Crippen MR) is 109 cm³/mol. The summed E-state index contributed by atoms with van der Waals surface area (Å²) in [6, 6.07) is 11.8. The Morgan fingerprint density at radius 1 is 1.19 bits per heavy atom. The molecule has 0 spiro atoms. The molecule has 0 unspecified atom stereocenters. The van der Waals surface area contributed by atoms with Gasteiger partial charge < -0.3 is 14.9 Å². The van der Waals surface area contributed by atoms with Gasteiger partial charge in [0.1, 0.15) is 17.1 Å². The number of ether oxygens (including phenoxy) is 1. The van der Waals surface area contributed by atoms with Crippen LogP contribution in [0.15, 0.2) is 54.1 Å². The Hall–Kier alpha value is -3.01. The second-order valence-corrected chi connectivity index (χ2v) is 6.59. The van der Waals surface area contributed by atoms with Crippen LogP contribution in [-0.2, 0) is 12.8 Å². The van der Waals surface area contributed by atoms with Crippen LogP contribution in [0, 0.1) is 0 Å². The Balaban J connectivity index is 2.31. The lowest BCUT2D eigenvalue weighted by molar-refractivity contribution is 0.0693. The summed E-state index contributed by atoms with van der Waals surface area (Å²) < 4.78 is 5.39. The highest BCUT2D eigenvalue weighted by Gasteiger charge is 2.21. The monoisotopic (exact) mass is 366 g/mol. The second kappa shape index (κ2) is 9.62. The molecule has 0 saturated carbocycles. The summed E-state index contributed by atoms with van der Waals surface area (Å²) in [4.78, 5) is 11.7. The molecule has 0 heterocycles. The maximum absolute atomic E-state index is 11.7. The number of methoxy groups -OCH3 is 1. The van der Waals surface area contributed by atoms with Crippen LogP contribution in [0.3, 0.4) is 0 Å². The van der Waals surface area contributed by atoms with Crippen molar-refractivity contribution in [2.75, 3.05) is 7.11 Å². The summed E-state index contributed by atoms with van der Waals surface area (Å²) in [7, 11) is 1.52. The molecule has 4 heteroatoms. The van der Waals surface area contributed by atoms with Gasteiger partial charge in [-0.15, -0.1) is 0 Å². The molecule has 142 valence electrons. The molecule has 0 aromatic heterocycles. The molecule has 0 aliphatic rings. The largest absolute Gasteiger partial charge is 0.507 e. The van der Waals surface area contributed by atoms with Crippen LogP contribution < -0.4 is 4.74 Å². The van der Waals surface area contributed by atoms with E-state index >= 15 is 0 Å². The number of aryl methyl sites for hydroxylation is 1. The fourth-order valence-corrected chi connectivity index (χ4v) is 2.85. The molecule has 2 aromatic rings. The molecule has 2 N–H and O–H groups in total. The highest BCUT2D eigenvalue weighted by Crippen LogP contribution is 2.36. The van der Waals surface area contributed by atoms with E-state index in [1.54, 1.807) is 12.1 Å². The van der Waals surface area contributed by atoms with Gasteiger partial charge in [0.15, 0.2) is 0 Å². The fourth-order valence-electron chi connectivity index (χ4n) is 2.85. The second-order valence-electron chi connectivity index (χ2n) is 6.59. The maximum Gasteiger partial charge on any atom is 0.340 e. The van der Waals surface area contributed by atoms with Gasteiger partial charge in [0.2, 0.25) is 0 Å². The lowest BCUT2D eigenvalue weighted by Gasteiger charge is -2.14. The van der Waals surface area contributed by atoms with Crippen molar-refractivity contribution in [3.63, 3.8) is 0 Å². The van der Waals surface area contributed by atoms with Crippen molar-refractivity contribution in [2.24, 2.45) is 0 Å². The average Bonchev–Trinajstić information content (AvgIpc) is 2.64. The van der Waals surface area contributed by atoms with Gasteiger partial charge in [0.05, 0.1) is 7.11 Å². The summed E-state index contributed by atoms with van der Waals surface area (Å²) in [5.74, 6) is -0.906. The molecular formula is C23H26O4. The van der Waals surface area contributed by atoms with Crippen LogP contribution in [0.1, 0.15) is 47.3 Å². The van der Waals surface area contributed by atoms with Crippen molar-refractivity contribution >= 4 is 12.0 Å². The van der Waals surface area contributed by atoms with Gasteiger partial charge >= 0.3 is 5.97 Å². The molecule has 0 aliphatic carbocycles. The normalized spacial score (nSPS) is 10.8. The van der Waals surface area contributed by atoms with Gasteiger partial charge in [-0.2, -0.15) is 0 Å². The number of allylic oxidation sites excluding steroid dienone is 3. The number of carboxylic acid groups (broad SMARTS) is 1. The first-order valence-corrected chi connectivity index (χ1v) is 8.94. The van der Waals surface area contributed by atoms with E-state index in [1.807, 2.05) is 44.2 Å². The van der Waals surface area contributed by atoms with E-state index < -0.39 is 5.97 Å². The third-order valence-electron chi connectivity index (χ3n) is 4.28. The number of aromatic carboxylic acids is 1. The standard InChI is InChI=1S/C23H26O4/c1-16(2)13-14-19-20(27-3)15-18(21(22(19)24)23(25)26)12-8-7-11-17-9-5-4-6-10-17/h4-6,8-10,12-13,15,24H,7,11,14H2,1-3H3,(H,25,26). The maximum atomic E-state index is 11.7. The topological polar surface area (TPSA) is 66.8 Å². The van der Waals surface area contributed by atoms with Crippen LogP contribution in [0.2, 0.25) is 0 Å². The number of hydrogen-bond donors (Lipinski definition) is 2. The molecule has 0 aliphatic heterocycles. The number of phenols is 1. The Morgan fingerprint density at radius 3 is 2.48 bits per heavy atom. The lowest BCUT2D eigenvalue weighted by atomic mass is 9.97. The fraction of sp³-hybridized carbons (Fsp3) is 0.261. The average molecular weight is 366 g/mol. The summed E-state index contributed by atoms with van der Waals surface area (Å²) in [6.45, 7) is 3.90. The van der Waals surface area contributed by atoms with Crippen molar-refractivity contribution in [1.82, 2.24) is 0 Å². The molecule has 2 aromatic carbocycles. The lowest BCUT2D eigenvalue weighted by Crippen LogP contribution is -2.04. The predicted octanol–water partition coefficient (Wildman–Crippen LogP) is 5.25. The van der Waals surface area contributed by atoms with E-state index in [0.29, 0.717) is 23.3 Å². The minimum absolute atomic E-state index is 0.0936. The summed E-state index contributed by atoms with van der Waals surface area (Å²) in [6.07, 6.45) is 7.63. The van der Waals surface area contributed by atoms with Crippen LogP contribution in [0.5, 0.6) is 11.5 Å². The van der Waals surface area contributed by atoms with E-state index in [2.05, 4.69) is 12.1 Å². The van der Waals surface area contributed by atoms with Gasteiger partial charge in [-0.25, -0.2) is 4.79 Å². The van der Waals surface area contributed by atoms with Crippen LogP contribution in [0.4, 0.5) is 0 Å². The molecule has 0 bridgehead atoms. The number of carboxylic acids is 1. The van der Waals surface area contributed by atoms with E-state index in [9.17, 15) is 15.0 Å². The third kappa shape index (κ3) is 5.48. The first-order valence-electron chi connectivity index (χ1n) is 8.94. The number of hydrogen-bond acceptors (Lipinski definition) is 3. The molecule has 0 saturated heterocycles. The zero-order chi connectivity index (χ0) is 19.8. The van der Waals surface area contributed by atoms with E-state index in [0.717, 1.165) is 18.4 Å². The Morgan fingerprint density at radius 2 is 1.89 bits per heavy atom. The SMILES string of the molecule is COc1cc(C=CCCc2ccccc2)c(C(=O)O)c(O)c1CC=C(C)C. The zero-order valence-electron chi connectivity index (χ0n) is 16.0. The van der Waals surface area contributed by atoms with Gasteiger partial charge in [-0.05, 0) is 50.3 Å². The molecule has 2 rings (SSSR count). The van der Waals surface area contributed by atoms with Crippen molar-refractivity contribution in [3.05, 3.63) is 76.4 Å². The van der Waals surface area contributed by atoms with E-state index in [1.165, 1.54) is 12.7 Å². The molecule has 4 nitrogen and oxygen atoms in total. The Kier molecular flexibility index (Phi) is 7.24. The Bertz CT molecular complexity index is 844. The molecular weight excluding hydrogens is 340 g/mol. The minimum atomic E-state index is -1.16. The number of benzene rings is 2. The molecule has 0 radical (unpaired) electrons. The highest BCUT2D eigenvalue weighted by molar-refractivity contribution is 5.96. The van der Waals surface area contributed by atoms with Crippen molar-refractivity contribution < 1.29 is 19.7 Å². The van der Waals surface area contributed by atoms with Gasteiger partial charge in [-0.3, -0.25) is 0 Å². The van der Waals surface area contributed by atoms with Crippen molar-refractivity contribution in [2.45, 2.75) is 33.1 Å². The van der Waals surface area contributed by atoms with Gasteiger partial charge in [-0.1, -0.05) is 54.1 Å². The summed E-state index contributed by atoms with van der Waals surface area (Å²) >= 11 is 0.